The number of benzene rings is 1. The van der Waals surface area contributed by atoms with Gasteiger partial charge >= 0.3 is 0 Å². The number of carbonyl (C=O) groups excluding carboxylic acids is 1. The molecule has 6 nitrogen and oxygen atoms in total. The lowest BCUT2D eigenvalue weighted by atomic mass is 10.1. The van der Waals surface area contributed by atoms with Crippen LogP contribution in [0, 0.1) is 0 Å². The molecule has 122 valence electrons. The minimum atomic E-state index is -0.169. The number of amides is 1. The fourth-order valence-corrected chi connectivity index (χ4v) is 3.36. The Bertz CT molecular complexity index is 682. The highest BCUT2D eigenvalue weighted by atomic mass is 35.5. The van der Waals surface area contributed by atoms with E-state index in [-0.39, 0.29) is 17.8 Å². The summed E-state index contributed by atoms with van der Waals surface area (Å²) in [4.78, 5) is 17.0. The number of piperidine rings is 1. The Labute approximate surface area is 143 Å². The number of anilines is 3. The zero-order chi connectivity index (χ0) is 16.2. The van der Waals surface area contributed by atoms with Gasteiger partial charge in [-0.1, -0.05) is 22.9 Å². The molecule has 0 radical (unpaired) electrons. The third kappa shape index (κ3) is 4.13. The number of hydrogen-bond donors (Lipinski definition) is 4. The SMILES string of the molecule is Nc1nc(Nc2ccc(Cl)cc2)sc1C(=O)N[C@H]1CCCNC1. The van der Waals surface area contributed by atoms with E-state index in [1.165, 1.54) is 11.3 Å². The largest absolute Gasteiger partial charge is 0.382 e. The van der Waals surface area contributed by atoms with Crippen molar-refractivity contribution in [2.75, 3.05) is 24.1 Å². The van der Waals surface area contributed by atoms with Crippen LogP contribution < -0.4 is 21.7 Å². The van der Waals surface area contributed by atoms with E-state index < -0.39 is 0 Å². The summed E-state index contributed by atoms with van der Waals surface area (Å²) in [6.45, 7) is 1.80. The molecule has 1 saturated heterocycles. The van der Waals surface area contributed by atoms with Gasteiger partial charge in [0.05, 0.1) is 0 Å². The molecule has 1 aromatic carbocycles. The molecule has 1 aliphatic rings. The van der Waals surface area contributed by atoms with E-state index in [1.807, 2.05) is 12.1 Å². The molecule has 0 unspecified atom stereocenters. The first-order chi connectivity index (χ1) is 11.1. The van der Waals surface area contributed by atoms with Crippen LogP contribution in [0.15, 0.2) is 24.3 Å². The van der Waals surface area contributed by atoms with Crippen molar-refractivity contribution >= 4 is 45.5 Å². The van der Waals surface area contributed by atoms with Crippen molar-refractivity contribution in [3.8, 4) is 0 Å². The normalized spacial score (nSPS) is 17.7. The van der Waals surface area contributed by atoms with Crippen LogP contribution in [0.4, 0.5) is 16.6 Å². The molecule has 1 fully saturated rings. The number of aromatic nitrogens is 1. The van der Waals surface area contributed by atoms with Crippen LogP contribution >= 0.6 is 22.9 Å². The second kappa shape index (κ2) is 7.16. The summed E-state index contributed by atoms with van der Waals surface area (Å²) in [5, 5.41) is 10.6. The van der Waals surface area contributed by atoms with Crippen LogP contribution in [0.1, 0.15) is 22.5 Å². The Balaban J connectivity index is 1.67. The Morgan fingerprint density at radius 3 is 2.87 bits per heavy atom. The van der Waals surface area contributed by atoms with Gasteiger partial charge in [-0.3, -0.25) is 4.79 Å². The van der Waals surface area contributed by atoms with E-state index in [2.05, 4.69) is 20.9 Å². The predicted molar refractivity (Wildman–Crippen MR) is 94.6 cm³/mol. The summed E-state index contributed by atoms with van der Waals surface area (Å²) in [6, 6.07) is 7.39. The second-order valence-electron chi connectivity index (χ2n) is 5.38. The molecule has 0 spiro atoms. The van der Waals surface area contributed by atoms with E-state index in [4.69, 9.17) is 17.3 Å². The number of nitrogens with zero attached hydrogens (tertiary/aromatic N) is 1. The van der Waals surface area contributed by atoms with Gasteiger partial charge in [0.1, 0.15) is 10.7 Å². The Morgan fingerprint density at radius 2 is 2.17 bits per heavy atom. The second-order valence-corrected chi connectivity index (χ2v) is 6.82. The van der Waals surface area contributed by atoms with Crippen molar-refractivity contribution in [1.82, 2.24) is 15.6 Å². The molecular weight excluding hydrogens is 334 g/mol. The molecular formula is C15H18ClN5OS. The first-order valence-electron chi connectivity index (χ1n) is 7.42. The lowest BCUT2D eigenvalue weighted by Gasteiger charge is -2.23. The topological polar surface area (TPSA) is 92.1 Å². The van der Waals surface area contributed by atoms with Crippen LogP contribution in [0.5, 0.6) is 0 Å². The molecule has 8 heteroatoms. The van der Waals surface area contributed by atoms with Crippen LogP contribution in [0.2, 0.25) is 5.02 Å². The van der Waals surface area contributed by atoms with E-state index in [0.29, 0.717) is 15.0 Å². The van der Waals surface area contributed by atoms with Crippen molar-refractivity contribution in [1.29, 1.82) is 0 Å². The van der Waals surface area contributed by atoms with E-state index >= 15 is 0 Å². The average Bonchev–Trinajstić information content (AvgIpc) is 2.91. The van der Waals surface area contributed by atoms with E-state index in [1.54, 1.807) is 12.1 Å². The molecule has 0 bridgehead atoms. The van der Waals surface area contributed by atoms with Gasteiger partial charge in [-0.2, -0.15) is 0 Å². The van der Waals surface area contributed by atoms with Crippen molar-refractivity contribution in [3.63, 3.8) is 0 Å². The van der Waals surface area contributed by atoms with Gasteiger partial charge in [-0.15, -0.1) is 0 Å². The highest BCUT2D eigenvalue weighted by Crippen LogP contribution is 2.28. The van der Waals surface area contributed by atoms with Gasteiger partial charge in [-0.25, -0.2) is 4.98 Å². The lowest BCUT2D eigenvalue weighted by Crippen LogP contribution is -2.45. The smallest absolute Gasteiger partial charge is 0.265 e. The summed E-state index contributed by atoms with van der Waals surface area (Å²) in [5.41, 5.74) is 6.73. The number of nitrogen functional groups attached to an aromatic ring is 1. The number of nitrogens with one attached hydrogen (secondary N) is 3. The maximum Gasteiger partial charge on any atom is 0.265 e. The van der Waals surface area contributed by atoms with Crippen LogP contribution in [0.3, 0.4) is 0 Å². The summed E-state index contributed by atoms with van der Waals surface area (Å²) in [6.07, 6.45) is 2.04. The zero-order valence-corrected chi connectivity index (χ0v) is 14.0. The fourth-order valence-electron chi connectivity index (χ4n) is 2.43. The third-order valence-electron chi connectivity index (χ3n) is 3.59. The summed E-state index contributed by atoms with van der Waals surface area (Å²) < 4.78 is 0. The predicted octanol–water partition coefficient (Wildman–Crippen LogP) is 2.60. The number of nitrogens with two attached hydrogens (primary N) is 1. The van der Waals surface area contributed by atoms with Gasteiger partial charge in [0, 0.05) is 23.3 Å². The summed E-state index contributed by atoms with van der Waals surface area (Å²) in [7, 11) is 0. The molecule has 2 heterocycles. The van der Waals surface area contributed by atoms with Crippen molar-refractivity contribution in [2.24, 2.45) is 0 Å². The van der Waals surface area contributed by atoms with Gasteiger partial charge < -0.3 is 21.7 Å². The summed E-state index contributed by atoms with van der Waals surface area (Å²) in [5.74, 6) is 0.0746. The average molecular weight is 352 g/mol. The van der Waals surface area contributed by atoms with Crippen molar-refractivity contribution < 1.29 is 4.79 Å². The van der Waals surface area contributed by atoms with Crippen LogP contribution in [-0.2, 0) is 0 Å². The minimum absolute atomic E-state index is 0.144. The maximum atomic E-state index is 12.4. The number of thiazole rings is 1. The van der Waals surface area contributed by atoms with Gasteiger partial charge in [0.2, 0.25) is 0 Å². The monoisotopic (exact) mass is 351 g/mol. The Morgan fingerprint density at radius 1 is 1.39 bits per heavy atom. The van der Waals surface area contributed by atoms with Gasteiger partial charge in [0.15, 0.2) is 5.13 Å². The number of carbonyl (C=O) groups is 1. The van der Waals surface area contributed by atoms with Crippen molar-refractivity contribution in [2.45, 2.75) is 18.9 Å². The Kier molecular flexibility index (Phi) is 5.00. The zero-order valence-electron chi connectivity index (χ0n) is 12.4. The van der Waals surface area contributed by atoms with Gasteiger partial charge in [0.25, 0.3) is 5.91 Å². The van der Waals surface area contributed by atoms with Gasteiger partial charge in [-0.05, 0) is 43.7 Å². The summed E-state index contributed by atoms with van der Waals surface area (Å²) >= 11 is 7.10. The number of rotatable bonds is 4. The molecule has 1 amide bonds. The molecule has 23 heavy (non-hydrogen) atoms. The third-order valence-corrected chi connectivity index (χ3v) is 4.82. The molecule has 5 N–H and O–H groups in total. The molecule has 0 aliphatic carbocycles. The minimum Gasteiger partial charge on any atom is -0.382 e. The molecule has 1 aliphatic heterocycles. The van der Waals surface area contributed by atoms with E-state index in [0.717, 1.165) is 31.6 Å². The Hall–Kier alpha value is -1.83. The highest BCUT2D eigenvalue weighted by Gasteiger charge is 2.21. The fraction of sp³-hybridized carbons (Fsp3) is 0.333. The molecule has 0 saturated carbocycles. The molecule has 2 aromatic rings. The van der Waals surface area contributed by atoms with Crippen molar-refractivity contribution in [3.05, 3.63) is 34.2 Å². The quantitative estimate of drug-likeness (QED) is 0.679. The van der Waals surface area contributed by atoms with Crippen LogP contribution in [-0.4, -0.2) is 30.0 Å². The molecule has 1 atom stereocenters. The first kappa shape index (κ1) is 16.0. The molecule has 1 aromatic heterocycles. The maximum absolute atomic E-state index is 12.4. The standard InChI is InChI=1S/C15H18ClN5OS/c16-9-3-5-10(6-4-9)20-15-21-13(17)12(23-15)14(22)19-11-2-1-7-18-8-11/h3-6,11,18H,1-2,7-8,17H2,(H,19,22)(H,20,21)/t11-/m0/s1. The first-order valence-corrected chi connectivity index (χ1v) is 8.62. The van der Waals surface area contributed by atoms with E-state index in [9.17, 15) is 4.79 Å². The number of halogens is 1. The van der Waals surface area contributed by atoms with Crippen LogP contribution in [0.25, 0.3) is 0 Å². The molecule has 3 rings (SSSR count). The highest BCUT2D eigenvalue weighted by molar-refractivity contribution is 7.18. The number of hydrogen-bond acceptors (Lipinski definition) is 6. The lowest BCUT2D eigenvalue weighted by molar-refractivity contribution is 0.0935.